The van der Waals surface area contributed by atoms with Gasteiger partial charge in [-0.2, -0.15) is 18.3 Å². The van der Waals surface area contributed by atoms with Gasteiger partial charge in [-0.1, -0.05) is 12.1 Å². The van der Waals surface area contributed by atoms with Crippen LogP contribution in [0.15, 0.2) is 53.1 Å². The summed E-state index contributed by atoms with van der Waals surface area (Å²) in [7, 11) is 0. The van der Waals surface area contributed by atoms with Gasteiger partial charge in [-0.3, -0.25) is 5.10 Å². The van der Waals surface area contributed by atoms with E-state index in [1.165, 1.54) is 12.1 Å². The predicted octanol–water partition coefficient (Wildman–Crippen LogP) is 4.53. The molecule has 0 aliphatic rings. The van der Waals surface area contributed by atoms with Gasteiger partial charge in [0.05, 0.1) is 17.3 Å². The molecule has 4 aromatic rings. The first-order chi connectivity index (χ1) is 14.3. The maximum Gasteiger partial charge on any atom is 0.416 e. The lowest BCUT2D eigenvalue weighted by molar-refractivity contribution is -0.137. The Morgan fingerprint density at radius 2 is 1.93 bits per heavy atom. The summed E-state index contributed by atoms with van der Waals surface area (Å²) < 4.78 is 43.7. The van der Waals surface area contributed by atoms with Crippen molar-refractivity contribution in [3.8, 4) is 11.3 Å². The molecule has 1 atom stereocenters. The molecule has 156 valence electrons. The smallest absolute Gasteiger partial charge is 0.416 e. The van der Waals surface area contributed by atoms with Crippen molar-refractivity contribution in [1.29, 1.82) is 0 Å². The molecule has 0 aliphatic carbocycles. The summed E-state index contributed by atoms with van der Waals surface area (Å²) in [6.07, 6.45) is -2.29. The van der Waals surface area contributed by atoms with E-state index in [4.69, 9.17) is 10.2 Å². The van der Waals surface area contributed by atoms with Crippen LogP contribution < -0.4 is 11.1 Å². The molecule has 4 N–H and O–H groups in total. The van der Waals surface area contributed by atoms with Crippen LogP contribution in [-0.2, 0) is 12.6 Å². The van der Waals surface area contributed by atoms with Crippen molar-refractivity contribution >= 4 is 16.9 Å². The molecule has 4 rings (SSSR count). The summed E-state index contributed by atoms with van der Waals surface area (Å²) in [5, 5.41) is 11.2. The van der Waals surface area contributed by atoms with Gasteiger partial charge in [-0.05, 0) is 49.2 Å². The van der Waals surface area contributed by atoms with E-state index in [2.05, 4.69) is 20.5 Å². The molecule has 9 heteroatoms. The van der Waals surface area contributed by atoms with E-state index in [1.807, 2.05) is 25.1 Å². The number of nitrogens with two attached hydrogens (primary N) is 1. The molecule has 0 saturated carbocycles. The first-order valence-corrected chi connectivity index (χ1v) is 9.36. The number of oxazole rings is 1. The highest BCUT2D eigenvalue weighted by atomic mass is 19.4. The average Bonchev–Trinajstić information content (AvgIpc) is 3.33. The Kier molecular flexibility index (Phi) is 5.21. The van der Waals surface area contributed by atoms with E-state index < -0.39 is 11.7 Å². The van der Waals surface area contributed by atoms with Crippen molar-refractivity contribution in [3.05, 3.63) is 65.5 Å². The number of rotatable bonds is 6. The van der Waals surface area contributed by atoms with Gasteiger partial charge in [-0.15, -0.1) is 0 Å². The van der Waals surface area contributed by atoms with Crippen LogP contribution in [0, 0.1) is 6.92 Å². The molecule has 0 bridgehead atoms. The normalized spacial score (nSPS) is 13.0. The highest BCUT2D eigenvalue weighted by Gasteiger charge is 2.29. The number of hydrogen-bond donors (Lipinski definition) is 3. The molecule has 1 unspecified atom stereocenters. The lowest BCUT2D eigenvalue weighted by Crippen LogP contribution is -2.31. The highest BCUT2D eigenvalue weighted by Crippen LogP contribution is 2.29. The Labute approximate surface area is 170 Å². The maximum absolute atomic E-state index is 12.6. The molecule has 0 amide bonds. The molecule has 30 heavy (non-hydrogen) atoms. The number of halogens is 3. The van der Waals surface area contributed by atoms with Gasteiger partial charge >= 0.3 is 6.18 Å². The zero-order valence-corrected chi connectivity index (χ0v) is 16.1. The van der Waals surface area contributed by atoms with Gasteiger partial charge in [0.15, 0.2) is 5.76 Å². The average molecular weight is 415 g/mol. The zero-order valence-electron chi connectivity index (χ0n) is 16.1. The van der Waals surface area contributed by atoms with Crippen molar-refractivity contribution < 1.29 is 17.6 Å². The van der Waals surface area contributed by atoms with Crippen molar-refractivity contribution in [2.45, 2.75) is 25.6 Å². The number of alkyl halides is 3. The Hall–Kier alpha value is -3.33. The van der Waals surface area contributed by atoms with Crippen molar-refractivity contribution in [2.75, 3.05) is 11.9 Å². The second-order valence-electron chi connectivity index (χ2n) is 7.15. The number of aromatic nitrogens is 3. The summed E-state index contributed by atoms with van der Waals surface area (Å²) in [5.41, 5.74) is 8.88. The monoisotopic (exact) mass is 415 g/mol. The SMILES string of the molecule is Cc1[nH]nc2ccc(-c3cnc(NCC(N)Cc4ccc(C(F)(F)F)cc4)o3)cc12. The van der Waals surface area contributed by atoms with Crippen molar-refractivity contribution in [2.24, 2.45) is 5.73 Å². The molecule has 0 radical (unpaired) electrons. The Morgan fingerprint density at radius 3 is 2.67 bits per heavy atom. The van der Waals surface area contributed by atoms with Crippen LogP contribution in [0.3, 0.4) is 0 Å². The number of benzene rings is 2. The second kappa shape index (κ2) is 7.83. The second-order valence-corrected chi connectivity index (χ2v) is 7.15. The Morgan fingerprint density at radius 1 is 1.17 bits per heavy atom. The molecular weight excluding hydrogens is 395 g/mol. The predicted molar refractivity (Wildman–Crippen MR) is 108 cm³/mol. The van der Waals surface area contributed by atoms with Crippen LogP contribution in [0.1, 0.15) is 16.8 Å². The maximum atomic E-state index is 12.6. The van der Waals surface area contributed by atoms with Crippen LogP contribution in [0.2, 0.25) is 0 Å². The third-order valence-corrected chi connectivity index (χ3v) is 4.83. The number of anilines is 1. The number of nitrogens with one attached hydrogen (secondary N) is 2. The van der Waals surface area contributed by atoms with Crippen LogP contribution in [0.25, 0.3) is 22.2 Å². The molecule has 2 heterocycles. The van der Waals surface area contributed by atoms with Gasteiger partial charge in [0.25, 0.3) is 6.01 Å². The Bertz CT molecular complexity index is 1150. The van der Waals surface area contributed by atoms with E-state index in [0.717, 1.165) is 39.9 Å². The number of fused-ring (bicyclic) bond motifs is 1. The molecular formula is C21H20F3N5O. The molecule has 2 aromatic carbocycles. The zero-order chi connectivity index (χ0) is 21.3. The fourth-order valence-corrected chi connectivity index (χ4v) is 3.20. The van der Waals surface area contributed by atoms with Gasteiger partial charge in [0.2, 0.25) is 0 Å². The minimum absolute atomic E-state index is 0.318. The summed E-state index contributed by atoms with van der Waals surface area (Å²) >= 11 is 0. The van der Waals surface area contributed by atoms with E-state index in [-0.39, 0.29) is 6.04 Å². The van der Waals surface area contributed by atoms with Crippen LogP contribution in [0.4, 0.5) is 19.2 Å². The summed E-state index contributed by atoms with van der Waals surface area (Å²) in [6, 6.07) is 10.8. The molecule has 0 saturated heterocycles. The fraction of sp³-hybridized carbons (Fsp3) is 0.238. The standard InChI is InChI=1S/C21H20F3N5O/c1-12-17-9-14(4-7-18(17)29-28-12)19-11-27-20(30-19)26-10-16(25)8-13-2-5-15(6-3-13)21(22,23)24/h2-7,9,11,16H,8,10,25H2,1H3,(H,26,27)(H,28,29). The number of aromatic amines is 1. The minimum Gasteiger partial charge on any atom is -0.424 e. The van der Waals surface area contributed by atoms with E-state index >= 15 is 0 Å². The van der Waals surface area contributed by atoms with Crippen LogP contribution in [0.5, 0.6) is 0 Å². The number of aryl methyl sites for hydroxylation is 1. The third-order valence-electron chi connectivity index (χ3n) is 4.83. The van der Waals surface area contributed by atoms with E-state index in [0.29, 0.717) is 24.7 Å². The van der Waals surface area contributed by atoms with Gasteiger partial charge in [0.1, 0.15) is 0 Å². The third kappa shape index (κ3) is 4.30. The molecule has 0 fully saturated rings. The number of hydrogen-bond acceptors (Lipinski definition) is 5. The van der Waals surface area contributed by atoms with Gasteiger partial charge < -0.3 is 15.5 Å². The first kappa shape index (κ1) is 20.0. The van der Waals surface area contributed by atoms with Gasteiger partial charge in [0, 0.05) is 29.2 Å². The first-order valence-electron chi connectivity index (χ1n) is 9.36. The molecule has 0 aliphatic heterocycles. The molecule has 2 aromatic heterocycles. The topological polar surface area (TPSA) is 92.8 Å². The number of nitrogens with zero attached hydrogens (tertiary/aromatic N) is 2. The van der Waals surface area contributed by atoms with E-state index in [1.54, 1.807) is 6.20 Å². The Balaban J connectivity index is 1.36. The van der Waals surface area contributed by atoms with Crippen LogP contribution >= 0.6 is 0 Å². The van der Waals surface area contributed by atoms with Crippen molar-refractivity contribution in [1.82, 2.24) is 15.2 Å². The summed E-state index contributed by atoms with van der Waals surface area (Å²) in [4.78, 5) is 4.22. The number of H-pyrrole nitrogens is 1. The molecule has 6 nitrogen and oxygen atoms in total. The van der Waals surface area contributed by atoms with Crippen molar-refractivity contribution in [3.63, 3.8) is 0 Å². The molecule has 0 spiro atoms. The largest absolute Gasteiger partial charge is 0.424 e. The summed E-state index contributed by atoms with van der Waals surface area (Å²) in [6.45, 7) is 2.31. The fourth-order valence-electron chi connectivity index (χ4n) is 3.20. The summed E-state index contributed by atoms with van der Waals surface area (Å²) in [5.74, 6) is 0.608. The minimum atomic E-state index is -4.34. The van der Waals surface area contributed by atoms with Crippen LogP contribution in [-0.4, -0.2) is 27.8 Å². The van der Waals surface area contributed by atoms with E-state index in [9.17, 15) is 13.2 Å². The lowest BCUT2D eigenvalue weighted by atomic mass is 10.0. The quantitative estimate of drug-likeness (QED) is 0.430. The van der Waals surface area contributed by atoms with Gasteiger partial charge in [-0.25, -0.2) is 4.98 Å². The highest BCUT2D eigenvalue weighted by molar-refractivity contribution is 5.85. The lowest BCUT2D eigenvalue weighted by Gasteiger charge is -2.13.